The fourth-order valence-electron chi connectivity index (χ4n) is 1.74. The molecule has 0 unspecified atom stereocenters. The summed E-state index contributed by atoms with van der Waals surface area (Å²) in [7, 11) is 0. The summed E-state index contributed by atoms with van der Waals surface area (Å²) < 4.78 is 7.03. The minimum atomic E-state index is 0.426. The SMILES string of the molecule is CC(C)NCc1cccc(Cl)c1OCc1ccc(Br)s1. The standard InChI is InChI=1S/C15H17BrClNOS/c1-10(2)18-8-11-4-3-5-13(17)15(11)19-9-12-6-7-14(16)20-12/h3-7,10,18H,8-9H2,1-2H3. The van der Waals surface area contributed by atoms with Gasteiger partial charge in [-0.15, -0.1) is 11.3 Å². The van der Waals surface area contributed by atoms with E-state index in [0.717, 1.165) is 21.6 Å². The summed E-state index contributed by atoms with van der Waals surface area (Å²) in [4.78, 5) is 1.17. The lowest BCUT2D eigenvalue weighted by atomic mass is 10.2. The van der Waals surface area contributed by atoms with Crippen LogP contribution < -0.4 is 10.1 Å². The van der Waals surface area contributed by atoms with Gasteiger partial charge in [-0.3, -0.25) is 0 Å². The van der Waals surface area contributed by atoms with Gasteiger partial charge in [-0.1, -0.05) is 37.6 Å². The minimum absolute atomic E-state index is 0.426. The first-order valence-corrected chi connectivity index (χ1v) is 8.43. The van der Waals surface area contributed by atoms with Crippen LogP contribution in [0, 0.1) is 0 Å². The van der Waals surface area contributed by atoms with Crippen LogP contribution in [0.15, 0.2) is 34.1 Å². The normalized spacial score (nSPS) is 11.1. The number of ether oxygens (including phenoxy) is 1. The zero-order valence-corrected chi connectivity index (χ0v) is 14.6. The Balaban J connectivity index is 2.08. The van der Waals surface area contributed by atoms with E-state index in [1.54, 1.807) is 11.3 Å². The Morgan fingerprint density at radius 1 is 1.30 bits per heavy atom. The summed E-state index contributed by atoms with van der Waals surface area (Å²) in [5, 5.41) is 4.04. The zero-order valence-electron chi connectivity index (χ0n) is 11.5. The molecule has 0 saturated heterocycles. The molecule has 0 spiro atoms. The molecular weight excluding hydrogens is 358 g/mol. The van der Waals surface area contributed by atoms with Gasteiger partial charge in [-0.05, 0) is 34.1 Å². The molecular formula is C15H17BrClNOS. The van der Waals surface area contributed by atoms with Crippen molar-refractivity contribution in [2.45, 2.75) is 33.0 Å². The molecule has 0 fully saturated rings. The second-order valence-corrected chi connectivity index (χ2v) is 7.71. The van der Waals surface area contributed by atoms with Crippen molar-refractivity contribution in [2.75, 3.05) is 0 Å². The van der Waals surface area contributed by atoms with Crippen LogP contribution in [0.2, 0.25) is 5.02 Å². The first-order valence-electron chi connectivity index (χ1n) is 6.44. The molecule has 5 heteroatoms. The predicted molar refractivity (Wildman–Crippen MR) is 89.8 cm³/mol. The summed E-state index contributed by atoms with van der Waals surface area (Å²) in [6, 6.07) is 10.4. The molecule has 2 nitrogen and oxygen atoms in total. The summed E-state index contributed by atoms with van der Waals surface area (Å²) >= 11 is 11.4. The van der Waals surface area contributed by atoms with Gasteiger partial charge < -0.3 is 10.1 Å². The van der Waals surface area contributed by atoms with Crippen LogP contribution in [0.1, 0.15) is 24.3 Å². The molecule has 2 aromatic rings. The van der Waals surface area contributed by atoms with Gasteiger partial charge in [0.2, 0.25) is 0 Å². The van der Waals surface area contributed by atoms with Crippen molar-refractivity contribution in [3.63, 3.8) is 0 Å². The Morgan fingerprint density at radius 2 is 2.10 bits per heavy atom. The maximum absolute atomic E-state index is 6.26. The van der Waals surface area contributed by atoms with E-state index in [1.165, 1.54) is 4.88 Å². The Hall–Kier alpha value is -0.550. The third kappa shape index (κ3) is 4.48. The molecule has 1 heterocycles. The largest absolute Gasteiger partial charge is 0.486 e. The highest BCUT2D eigenvalue weighted by Gasteiger charge is 2.10. The van der Waals surface area contributed by atoms with E-state index in [-0.39, 0.29) is 0 Å². The molecule has 0 amide bonds. The molecule has 2 rings (SSSR count). The van der Waals surface area contributed by atoms with E-state index in [2.05, 4.69) is 41.2 Å². The summed E-state index contributed by atoms with van der Waals surface area (Å²) in [6.45, 7) is 5.53. The van der Waals surface area contributed by atoms with Crippen LogP contribution in [0.5, 0.6) is 5.75 Å². The molecule has 0 bridgehead atoms. The van der Waals surface area contributed by atoms with Gasteiger partial charge in [0.05, 0.1) is 8.81 Å². The molecule has 0 aliphatic carbocycles. The van der Waals surface area contributed by atoms with Gasteiger partial charge in [0.25, 0.3) is 0 Å². The van der Waals surface area contributed by atoms with E-state index in [1.807, 2.05) is 24.3 Å². The fourth-order valence-corrected chi connectivity index (χ4v) is 3.39. The van der Waals surface area contributed by atoms with Crippen molar-refractivity contribution in [3.05, 3.63) is 49.6 Å². The third-order valence-corrected chi connectivity index (χ3v) is 4.63. The topological polar surface area (TPSA) is 21.3 Å². The summed E-state index contributed by atoms with van der Waals surface area (Å²) in [5.41, 5.74) is 1.09. The predicted octanol–water partition coefficient (Wildman–Crippen LogP) is 5.24. The molecule has 0 aliphatic rings. The molecule has 0 aliphatic heterocycles. The van der Waals surface area contributed by atoms with E-state index in [0.29, 0.717) is 17.7 Å². The van der Waals surface area contributed by atoms with E-state index in [9.17, 15) is 0 Å². The molecule has 0 radical (unpaired) electrons. The van der Waals surface area contributed by atoms with E-state index < -0.39 is 0 Å². The average Bonchev–Trinajstić information content (AvgIpc) is 2.81. The highest BCUT2D eigenvalue weighted by molar-refractivity contribution is 9.11. The molecule has 1 N–H and O–H groups in total. The number of rotatable bonds is 6. The van der Waals surface area contributed by atoms with Crippen molar-refractivity contribution < 1.29 is 4.74 Å². The van der Waals surface area contributed by atoms with E-state index in [4.69, 9.17) is 16.3 Å². The van der Waals surface area contributed by atoms with Crippen LogP contribution in [0.25, 0.3) is 0 Å². The molecule has 0 atom stereocenters. The molecule has 108 valence electrons. The van der Waals surface area contributed by atoms with Gasteiger partial charge >= 0.3 is 0 Å². The van der Waals surface area contributed by atoms with Gasteiger partial charge in [0.15, 0.2) is 0 Å². The Labute approximate surface area is 137 Å². The smallest absolute Gasteiger partial charge is 0.142 e. The lowest BCUT2D eigenvalue weighted by Gasteiger charge is -2.14. The number of thiophene rings is 1. The number of nitrogens with one attached hydrogen (secondary N) is 1. The lowest BCUT2D eigenvalue weighted by Crippen LogP contribution is -2.22. The molecule has 0 saturated carbocycles. The van der Waals surface area contributed by atoms with Gasteiger partial charge in [0.1, 0.15) is 12.4 Å². The second-order valence-electron chi connectivity index (χ2n) is 4.76. The lowest BCUT2D eigenvalue weighted by molar-refractivity contribution is 0.305. The Morgan fingerprint density at radius 3 is 2.75 bits per heavy atom. The highest BCUT2D eigenvalue weighted by Crippen LogP contribution is 2.31. The number of para-hydroxylation sites is 1. The van der Waals surface area contributed by atoms with E-state index >= 15 is 0 Å². The maximum Gasteiger partial charge on any atom is 0.142 e. The number of hydrogen-bond donors (Lipinski definition) is 1. The van der Waals surface area contributed by atoms with Gasteiger partial charge in [-0.25, -0.2) is 0 Å². The van der Waals surface area contributed by atoms with Crippen molar-refractivity contribution in [2.24, 2.45) is 0 Å². The third-order valence-electron chi connectivity index (χ3n) is 2.74. The number of halogens is 2. The Kier molecular flexibility index (Phi) is 5.90. The van der Waals surface area contributed by atoms with Crippen molar-refractivity contribution in [1.29, 1.82) is 0 Å². The second kappa shape index (κ2) is 7.46. The molecule has 1 aromatic heterocycles. The summed E-state index contributed by atoms with van der Waals surface area (Å²) in [5.74, 6) is 0.770. The van der Waals surface area contributed by atoms with Crippen LogP contribution in [-0.2, 0) is 13.2 Å². The van der Waals surface area contributed by atoms with Crippen molar-refractivity contribution in [1.82, 2.24) is 5.32 Å². The van der Waals surface area contributed by atoms with Crippen LogP contribution in [0.4, 0.5) is 0 Å². The first kappa shape index (κ1) is 15.8. The highest BCUT2D eigenvalue weighted by atomic mass is 79.9. The Bertz CT molecular complexity index is 571. The van der Waals surface area contributed by atoms with Crippen LogP contribution >= 0.6 is 38.9 Å². The van der Waals surface area contributed by atoms with Crippen LogP contribution in [0.3, 0.4) is 0 Å². The maximum atomic E-state index is 6.26. The van der Waals surface area contributed by atoms with Crippen molar-refractivity contribution >= 4 is 38.9 Å². The first-order chi connectivity index (χ1) is 9.56. The fraction of sp³-hybridized carbons (Fsp3) is 0.333. The number of benzene rings is 1. The average molecular weight is 375 g/mol. The van der Waals surface area contributed by atoms with Crippen molar-refractivity contribution in [3.8, 4) is 5.75 Å². The number of hydrogen-bond acceptors (Lipinski definition) is 3. The van der Waals surface area contributed by atoms with Gasteiger partial charge in [0, 0.05) is 23.0 Å². The quantitative estimate of drug-likeness (QED) is 0.746. The molecule has 20 heavy (non-hydrogen) atoms. The molecule has 1 aromatic carbocycles. The summed E-state index contributed by atoms with van der Waals surface area (Å²) in [6.07, 6.45) is 0. The monoisotopic (exact) mass is 373 g/mol. The van der Waals surface area contributed by atoms with Crippen LogP contribution in [-0.4, -0.2) is 6.04 Å². The minimum Gasteiger partial charge on any atom is -0.486 e. The van der Waals surface area contributed by atoms with Gasteiger partial charge in [-0.2, -0.15) is 0 Å². The zero-order chi connectivity index (χ0) is 14.5.